The number of urea groups is 1. The number of rotatable bonds is 2. The van der Waals surface area contributed by atoms with Crippen molar-refractivity contribution in [2.75, 3.05) is 10.6 Å². The highest BCUT2D eigenvalue weighted by molar-refractivity contribution is 6.29. The molecule has 1 aromatic heterocycles. The van der Waals surface area contributed by atoms with E-state index in [0.29, 0.717) is 16.5 Å². The lowest BCUT2D eigenvalue weighted by Gasteiger charge is -2.07. The lowest BCUT2D eigenvalue weighted by Crippen LogP contribution is -2.19. The van der Waals surface area contributed by atoms with E-state index >= 15 is 0 Å². The molecule has 0 fully saturated rings. The zero-order valence-electron chi connectivity index (χ0n) is 9.15. The van der Waals surface area contributed by atoms with E-state index in [1.807, 2.05) is 0 Å². The minimum atomic E-state index is -0.482. The van der Waals surface area contributed by atoms with Crippen LogP contribution in [0.25, 0.3) is 0 Å². The average molecular weight is 266 g/mol. The van der Waals surface area contributed by atoms with Crippen LogP contribution in [0.1, 0.15) is 0 Å². The molecule has 4 nitrogen and oxygen atoms in total. The van der Waals surface area contributed by atoms with E-state index in [1.165, 1.54) is 24.4 Å². The molecule has 92 valence electrons. The highest BCUT2D eigenvalue weighted by Gasteiger charge is 2.03. The van der Waals surface area contributed by atoms with Crippen molar-refractivity contribution >= 4 is 29.0 Å². The van der Waals surface area contributed by atoms with Gasteiger partial charge in [-0.2, -0.15) is 0 Å². The summed E-state index contributed by atoms with van der Waals surface area (Å²) < 4.78 is 12.9. The number of amides is 2. The van der Waals surface area contributed by atoms with Crippen LogP contribution < -0.4 is 10.6 Å². The number of nitrogens with zero attached hydrogens (tertiary/aromatic N) is 1. The van der Waals surface area contributed by atoms with E-state index in [9.17, 15) is 9.18 Å². The maximum atomic E-state index is 12.9. The molecular formula is C12H9ClFN3O. The Morgan fingerprint density at radius 1 is 1.17 bits per heavy atom. The maximum absolute atomic E-state index is 12.9. The monoisotopic (exact) mass is 265 g/mol. The lowest BCUT2D eigenvalue weighted by molar-refractivity contribution is 0.262. The number of benzene rings is 1. The van der Waals surface area contributed by atoms with Crippen LogP contribution in [0.4, 0.5) is 20.6 Å². The number of hydrogen-bond acceptors (Lipinski definition) is 2. The lowest BCUT2D eigenvalue weighted by atomic mass is 10.3. The van der Waals surface area contributed by atoms with Gasteiger partial charge in [0.2, 0.25) is 0 Å². The summed E-state index contributed by atoms with van der Waals surface area (Å²) in [5.41, 5.74) is 0.864. The number of hydrogen-bond donors (Lipinski definition) is 2. The molecule has 0 bridgehead atoms. The number of anilines is 2. The molecule has 2 rings (SSSR count). The topological polar surface area (TPSA) is 54.0 Å². The summed E-state index contributed by atoms with van der Waals surface area (Å²) in [6.07, 6.45) is 1.42. The number of pyridine rings is 1. The van der Waals surface area contributed by atoms with Crippen molar-refractivity contribution in [1.29, 1.82) is 0 Å². The van der Waals surface area contributed by atoms with E-state index in [1.54, 1.807) is 18.2 Å². The van der Waals surface area contributed by atoms with Crippen LogP contribution in [-0.2, 0) is 0 Å². The molecule has 0 radical (unpaired) electrons. The molecule has 2 N–H and O–H groups in total. The summed E-state index contributed by atoms with van der Waals surface area (Å²) in [6, 6.07) is 8.30. The maximum Gasteiger partial charge on any atom is 0.323 e. The van der Waals surface area contributed by atoms with Gasteiger partial charge in [0.15, 0.2) is 0 Å². The molecule has 0 atom stereocenters. The first-order chi connectivity index (χ1) is 8.63. The van der Waals surface area contributed by atoms with Crippen LogP contribution in [0, 0.1) is 5.82 Å². The summed E-state index contributed by atoms with van der Waals surface area (Å²) in [5, 5.41) is 5.38. The van der Waals surface area contributed by atoms with Gasteiger partial charge in [-0.25, -0.2) is 14.2 Å². The Balaban J connectivity index is 1.98. The summed E-state index contributed by atoms with van der Waals surface area (Å²) in [6.45, 7) is 0. The normalized spacial score (nSPS) is 9.89. The van der Waals surface area contributed by atoms with Gasteiger partial charge in [0.05, 0.1) is 11.9 Å². The molecule has 0 saturated carbocycles. The van der Waals surface area contributed by atoms with Crippen LogP contribution in [0.3, 0.4) is 0 Å². The van der Waals surface area contributed by atoms with Gasteiger partial charge in [-0.15, -0.1) is 0 Å². The predicted octanol–water partition coefficient (Wildman–Crippen LogP) is 3.52. The van der Waals surface area contributed by atoms with Crippen molar-refractivity contribution in [2.24, 2.45) is 0 Å². The molecule has 0 aliphatic rings. The van der Waals surface area contributed by atoms with Crippen LogP contribution in [0.2, 0.25) is 5.15 Å². The first-order valence-corrected chi connectivity index (χ1v) is 5.46. The van der Waals surface area contributed by atoms with Crippen LogP contribution in [-0.4, -0.2) is 11.0 Å². The van der Waals surface area contributed by atoms with E-state index in [2.05, 4.69) is 15.6 Å². The summed E-state index contributed by atoms with van der Waals surface area (Å²) in [4.78, 5) is 15.4. The standard InChI is InChI=1S/C12H9ClFN3O/c13-11-5-4-10(7-15-11)17-12(18)16-9-3-1-2-8(14)6-9/h1-7H,(H2,16,17,18). The molecule has 18 heavy (non-hydrogen) atoms. The molecule has 0 aliphatic heterocycles. The van der Waals surface area contributed by atoms with Crippen LogP contribution in [0.15, 0.2) is 42.6 Å². The average Bonchev–Trinajstić information content (AvgIpc) is 2.32. The Kier molecular flexibility index (Phi) is 3.74. The molecular weight excluding hydrogens is 257 g/mol. The van der Waals surface area contributed by atoms with Crippen molar-refractivity contribution in [2.45, 2.75) is 0 Å². The molecule has 1 aromatic carbocycles. The van der Waals surface area contributed by atoms with Gasteiger partial charge in [0.25, 0.3) is 0 Å². The second-order valence-electron chi connectivity index (χ2n) is 3.46. The van der Waals surface area contributed by atoms with E-state index in [-0.39, 0.29) is 0 Å². The summed E-state index contributed by atoms with van der Waals surface area (Å²) >= 11 is 5.61. The number of aromatic nitrogens is 1. The van der Waals surface area contributed by atoms with Gasteiger partial charge < -0.3 is 10.6 Å². The fourth-order valence-corrected chi connectivity index (χ4v) is 1.42. The Morgan fingerprint density at radius 2 is 1.94 bits per heavy atom. The largest absolute Gasteiger partial charge is 0.323 e. The van der Waals surface area contributed by atoms with Crippen molar-refractivity contribution in [1.82, 2.24) is 4.98 Å². The highest BCUT2D eigenvalue weighted by Crippen LogP contribution is 2.12. The van der Waals surface area contributed by atoms with Crippen LogP contribution in [0.5, 0.6) is 0 Å². The highest BCUT2D eigenvalue weighted by atomic mass is 35.5. The predicted molar refractivity (Wildman–Crippen MR) is 68.3 cm³/mol. The van der Waals surface area contributed by atoms with Gasteiger partial charge in [-0.05, 0) is 30.3 Å². The third kappa shape index (κ3) is 3.43. The first-order valence-electron chi connectivity index (χ1n) is 5.08. The molecule has 0 unspecified atom stereocenters. The number of halogens is 2. The minimum absolute atomic E-state index is 0.339. The van der Waals surface area contributed by atoms with Gasteiger partial charge in [0.1, 0.15) is 11.0 Å². The zero-order chi connectivity index (χ0) is 13.0. The molecule has 0 saturated heterocycles. The molecule has 1 heterocycles. The van der Waals surface area contributed by atoms with Crippen molar-refractivity contribution < 1.29 is 9.18 Å². The summed E-state index contributed by atoms with van der Waals surface area (Å²) in [7, 11) is 0. The fraction of sp³-hybridized carbons (Fsp3) is 0. The Morgan fingerprint density at radius 3 is 2.61 bits per heavy atom. The third-order valence-electron chi connectivity index (χ3n) is 2.07. The number of carbonyl (C=O) groups excluding carboxylic acids is 1. The van der Waals surface area contributed by atoms with Crippen molar-refractivity contribution in [3.05, 3.63) is 53.6 Å². The Labute approximate surface area is 108 Å². The quantitative estimate of drug-likeness (QED) is 0.817. The second kappa shape index (κ2) is 5.46. The van der Waals surface area contributed by atoms with E-state index in [4.69, 9.17) is 11.6 Å². The van der Waals surface area contributed by atoms with Gasteiger partial charge in [-0.1, -0.05) is 17.7 Å². The Hall–Kier alpha value is -2.14. The second-order valence-corrected chi connectivity index (χ2v) is 3.85. The van der Waals surface area contributed by atoms with E-state index in [0.717, 1.165) is 0 Å². The minimum Gasteiger partial charge on any atom is -0.308 e. The smallest absolute Gasteiger partial charge is 0.308 e. The van der Waals surface area contributed by atoms with E-state index < -0.39 is 11.8 Å². The Bertz CT molecular complexity index is 560. The number of nitrogens with one attached hydrogen (secondary N) is 2. The first kappa shape index (κ1) is 12.3. The van der Waals surface area contributed by atoms with Crippen molar-refractivity contribution in [3.8, 4) is 0 Å². The molecule has 2 amide bonds. The van der Waals surface area contributed by atoms with Crippen LogP contribution >= 0.6 is 11.6 Å². The summed E-state index contributed by atoms with van der Waals surface area (Å²) in [5.74, 6) is -0.416. The SMILES string of the molecule is O=C(Nc1ccc(Cl)nc1)Nc1cccc(F)c1. The van der Waals surface area contributed by atoms with Gasteiger partial charge in [-0.3, -0.25) is 0 Å². The van der Waals surface area contributed by atoms with Gasteiger partial charge >= 0.3 is 6.03 Å². The van der Waals surface area contributed by atoms with Crippen molar-refractivity contribution in [3.63, 3.8) is 0 Å². The number of carbonyl (C=O) groups is 1. The van der Waals surface area contributed by atoms with Gasteiger partial charge in [0, 0.05) is 5.69 Å². The molecule has 2 aromatic rings. The molecule has 6 heteroatoms. The molecule has 0 spiro atoms. The fourth-order valence-electron chi connectivity index (χ4n) is 1.31. The zero-order valence-corrected chi connectivity index (χ0v) is 9.91. The third-order valence-corrected chi connectivity index (χ3v) is 2.29. The molecule has 0 aliphatic carbocycles.